The van der Waals surface area contributed by atoms with E-state index in [2.05, 4.69) is 25.7 Å². The third-order valence-corrected chi connectivity index (χ3v) is 2.29. The Morgan fingerprint density at radius 1 is 1.44 bits per heavy atom. The van der Waals surface area contributed by atoms with Gasteiger partial charge in [-0.3, -0.25) is 4.79 Å². The molecule has 0 radical (unpaired) electrons. The van der Waals surface area contributed by atoms with E-state index in [-0.39, 0.29) is 5.91 Å². The first-order valence-corrected chi connectivity index (χ1v) is 5.55. The molecule has 2 N–H and O–H groups in total. The van der Waals surface area contributed by atoms with Crippen molar-refractivity contribution in [3.8, 4) is 5.82 Å². The molecule has 7 heteroatoms. The molecule has 1 amide bonds. The van der Waals surface area contributed by atoms with E-state index in [1.54, 1.807) is 29.3 Å². The van der Waals surface area contributed by atoms with Crippen LogP contribution in [0.1, 0.15) is 6.42 Å². The van der Waals surface area contributed by atoms with Gasteiger partial charge in [0, 0.05) is 13.0 Å². The predicted molar refractivity (Wildman–Crippen MR) is 66.3 cm³/mol. The molecule has 0 unspecified atom stereocenters. The first kappa shape index (κ1) is 12.2. The van der Waals surface area contributed by atoms with Gasteiger partial charge in [0.2, 0.25) is 5.91 Å². The number of nitrogens with zero attached hydrogens (tertiary/aromatic N) is 4. The van der Waals surface area contributed by atoms with E-state index < -0.39 is 0 Å². The molecule has 0 aromatic carbocycles. The maximum atomic E-state index is 11.5. The van der Waals surface area contributed by atoms with Gasteiger partial charge in [0.25, 0.3) is 0 Å². The van der Waals surface area contributed by atoms with Crippen LogP contribution in [0.25, 0.3) is 5.82 Å². The first-order chi connectivity index (χ1) is 8.79. The van der Waals surface area contributed by atoms with Crippen LogP contribution < -0.4 is 10.6 Å². The maximum Gasteiger partial charge on any atom is 0.225 e. The predicted octanol–water partition coefficient (Wildman–Crippen LogP) is 0.210. The number of rotatable bonds is 5. The van der Waals surface area contributed by atoms with Gasteiger partial charge in [-0.15, -0.1) is 0 Å². The summed E-state index contributed by atoms with van der Waals surface area (Å²) >= 11 is 0. The van der Waals surface area contributed by atoms with Crippen molar-refractivity contribution in [2.45, 2.75) is 6.42 Å². The molecule has 7 nitrogen and oxygen atoms in total. The lowest BCUT2D eigenvalue weighted by Gasteiger charge is -2.05. The molecule has 0 saturated heterocycles. The number of pyridine rings is 1. The van der Waals surface area contributed by atoms with Crippen LogP contribution >= 0.6 is 0 Å². The maximum absolute atomic E-state index is 11.5. The third kappa shape index (κ3) is 3.11. The van der Waals surface area contributed by atoms with Gasteiger partial charge in [-0.05, 0) is 19.2 Å². The lowest BCUT2D eigenvalue weighted by molar-refractivity contribution is -0.116. The van der Waals surface area contributed by atoms with Crippen LogP contribution in [-0.4, -0.2) is 39.2 Å². The Morgan fingerprint density at radius 2 is 2.33 bits per heavy atom. The molecular weight excluding hydrogens is 232 g/mol. The van der Waals surface area contributed by atoms with E-state index in [4.69, 9.17) is 0 Å². The zero-order chi connectivity index (χ0) is 12.8. The molecule has 0 fully saturated rings. The highest BCUT2D eigenvalue weighted by Crippen LogP contribution is 2.08. The Morgan fingerprint density at radius 3 is 2.94 bits per heavy atom. The molecule has 0 bridgehead atoms. The summed E-state index contributed by atoms with van der Waals surface area (Å²) < 4.78 is 1.55. The fraction of sp³-hybridized carbons (Fsp3) is 0.273. The quantitative estimate of drug-likeness (QED) is 0.787. The van der Waals surface area contributed by atoms with Crippen molar-refractivity contribution in [3.63, 3.8) is 0 Å². The van der Waals surface area contributed by atoms with Crippen LogP contribution in [0.2, 0.25) is 0 Å². The molecular formula is C11H14N6O. The zero-order valence-electron chi connectivity index (χ0n) is 10.00. The van der Waals surface area contributed by atoms with E-state index >= 15 is 0 Å². The summed E-state index contributed by atoms with van der Waals surface area (Å²) in [4.78, 5) is 19.5. The Balaban J connectivity index is 1.98. The molecule has 0 aliphatic rings. The Kier molecular flexibility index (Phi) is 3.98. The van der Waals surface area contributed by atoms with Gasteiger partial charge < -0.3 is 10.6 Å². The number of hydrogen-bond donors (Lipinski definition) is 2. The van der Waals surface area contributed by atoms with Crippen LogP contribution in [0.5, 0.6) is 0 Å². The van der Waals surface area contributed by atoms with E-state index in [1.165, 1.54) is 6.33 Å². The van der Waals surface area contributed by atoms with E-state index in [1.807, 2.05) is 7.05 Å². The van der Waals surface area contributed by atoms with Crippen molar-refractivity contribution in [1.82, 2.24) is 25.1 Å². The van der Waals surface area contributed by atoms with Crippen LogP contribution in [0.4, 0.5) is 5.69 Å². The van der Waals surface area contributed by atoms with Gasteiger partial charge in [-0.25, -0.2) is 14.6 Å². The van der Waals surface area contributed by atoms with Gasteiger partial charge in [-0.2, -0.15) is 5.10 Å². The van der Waals surface area contributed by atoms with Crippen LogP contribution in [0, 0.1) is 0 Å². The molecule has 2 aromatic rings. The highest BCUT2D eigenvalue weighted by Gasteiger charge is 2.03. The lowest BCUT2D eigenvalue weighted by atomic mass is 10.3. The summed E-state index contributed by atoms with van der Waals surface area (Å²) in [6.07, 6.45) is 5.03. The van der Waals surface area contributed by atoms with Gasteiger partial charge in [0.1, 0.15) is 12.7 Å². The second-order valence-electron chi connectivity index (χ2n) is 3.65. The zero-order valence-corrected chi connectivity index (χ0v) is 10.00. The van der Waals surface area contributed by atoms with E-state index in [0.29, 0.717) is 24.5 Å². The number of hydrogen-bond acceptors (Lipinski definition) is 5. The van der Waals surface area contributed by atoms with Crippen LogP contribution in [0.3, 0.4) is 0 Å². The minimum atomic E-state index is -0.0420. The normalized spacial score (nSPS) is 10.3. The van der Waals surface area contributed by atoms with Gasteiger partial charge in [-0.1, -0.05) is 0 Å². The summed E-state index contributed by atoms with van der Waals surface area (Å²) in [6.45, 7) is 0.649. The van der Waals surface area contributed by atoms with Crippen LogP contribution in [0.15, 0.2) is 31.0 Å². The number of nitrogens with one attached hydrogen (secondary N) is 2. The fourth-order valence-electron chi connectivity index (χ4n) is 1.38. The smallest absolute Gasteiger partial charge is 0.225 e. The summed E-state index contributed by atoms with van der Waals surface area (Å²) in [6, 6.07) is 3.55. The fourth-order valence-corrected chi connectivity index (χ4v) is 1.38. The van der Waals surface area contributed by atoms with Crippen molar-refractivity contribution in [2.24, 2.45) is 0 Å². The first-order valence-electron chi connectivity index (χ1n) is 5.55. The molecule has 18 heavy (non-hydrogen) atoms. The molecule has 0 saturated carbocycles. The SMILES string of the molecule is CNCCC(=O)Nc1ccc(-n2cncn2)nc1. The minimum Gasteiger partial charge on any atom is -0.325 e. The molecule has 94 valence electrons. The number of anilines is 1. The monoisotopic (exact) mass is 246 g/mol. The number of aromatic nitrogens is 4. The van der Waals surface area contributed by atoms with Crippen molar-refractivity contribution >= 4 is 11.6 Å². The summed E-state index contributed by atoms with van der Waals surface area (Å²) in [7, 11) is 1.81. The Labute approximate surface area is 104 Å². The van der Waals surface area contributed by atoms with Gasteiger partial charge in [0.15, 0.2) is 5.82 Å². The summed E-state index contributed by atoms with van der Waals surface area (Å²) in [5.74, 6) is 0.611. The molecule has 2 aromatic heterocycles. The Bertz CT molecular complexity index is 493. The van der Waals surface area contributed by atoms with Gasteiger partial charge >= 0.3 is 0 Å². The largest absolute Gasteiger partial charge is 0.325 e. The lowest BCUT2D eigenvalue weighted by Crippen LogP contribution is -2.18. The molecule has 0 spiro atoms. The highest BCUT2D eigenvalue weighted by molar-refractivity contribution is 5.90. The average Bonchev–Trinajstić information content (AvgIpc) is 2.91. The Hall–Kier alpha value is -2.28. The number of carbonyl (C=O) groups excluding carboxylic acids is 1. The summed E-state index contributed by atoms with van der Waals surface area (Å²) in [5.41, 5.74) is 0.667. The summed E-state index contributed by atoms with van der Waals surface area (Å²) in [5, 5.41) is 9.64. The molecule has 0 aliphatic heterocycles. The second-order valence-corrected chi connectivity index (χ2v) is 3.65. The second kappa shape index (κ2) is 5.87. The molecule has 0 atom stereocenters. The van der Waals surface area contributed by atoms with Crippen molar-refractivity contribution in [2.75, 3.05) is 18.9 Å². The minimum absolute atomic E-state index is 0.0420. The van der Waals surface area contributed by atoms with Crippen molar-refractivity contribution in [3.05, 3.63) is 31.0 Å². The number of carbonyl (C=O) groups is 1. The van der Waals surface area contributed by atoms with Crippen LogP contribution in [-0.2, 0) is 4.79 Å². The van der Waals surface area contributed by atoms with Gasteiger partial charge in [0.05, 0.1) is 11.9 Å². The van der Waals surface area contributed by atoms with E-state index in [0.717, 1.165) is 0 Å². The highest BCUT2D eigenvalue weighted by atomic mass is 16.1. The third-order valence-electron chi connectivity index (χ3n) is 2.29. The number of amides is 1. The van der Waals surface area contributed by atoms with Crippen molar-refractivity contribution < 1.29 is 4.79 Å². The topological polar surface area (TPSA) is 84.7 Å². The van der Waals surface area contributed by atoms with E-state index in [9.17, 15) is 4.79 Å². The molecule has 2 heterocycles. The average molecular weight is 246 g/mol. The van der Waals surface area contributed by atoms with Crippen molar-refractivity contribution in [1.29, 1.82) is 0 Å². The standard InChI is InChI=1S/C11H14N6O/c1-12-5-4-11(18)16-9-2-3-10(14-6-9)17-8-13-7-15-17/h2-3,6-8,12H,4-5H2,1H3,(H,16,18). The molecule has 2 rings (SSSR count). The molecule has 0 aliphatic carbocycles.